The maximum Gasteiger partial charge on any atom is 0.191 e. The lowest BCUT2D eigenvalue weighted by Crippen LogP contribution is -2.21. The molecule has 5 nitrogen and oxygen atoms in total. The fourth-order valence-electron chi connectivity index (χ4n) is 2.98. The van der Waals surface area contributed by atoms with Gasteiger partial charge in [-0.3, -0.25) is 0 Å². The van der Waals surface area contributed by atoms with E-state index in [2.05, 4.69) is 59.3 Å². The van der Waals surface area contributed by atoms with E-state index < -0.39 is 0 Å². The van der Waals surface area contributed by atoms with Crippen LogP contribution in [0.5, 0.6) is 0 Å². The molecule has 0 unspecified atom stereocenters. The molecule has 3 aromatic rings. The van der Waals surface area contributed by atoms with Crippen molar-refractivity contribution < 1.29 is 0 Å². The van der Waals surface area contributed by atoms with Crippen LogP contribution in [0.2, 0.25) is 0 Å². The number of nitrogens with zero attached hydrogens (tertiary/aromatic N) is 5. The number of rotatable bonds is 7. The number of hydrogen-bond donors (Lipinski definition) is 0. The lowest BCUT2D eigenvalue weighted by Gasteiger charge is -2.21. The van der Waals surface area contributed by atoms with Gasteiger partial charge in [0.2, 0.25) is 0 Å². The monoisotopic (exact) mass is 377 g/mol. The van der Waals surface area contributed by atoms with Crippen molar-refractivity contribution in [3.8, 4) is 17.5 Å². The molecule has 0 amide bonds. The molecule has 1 aromatic heterocycles. The van der Waals surface area contributed by atoms with Crippen LogP contribution in [0.3, 0.4) is 0 Å². The molecule has 0 radical (unpaired) electrons. The summed E-state index contributed by atoms with van der Waals surface area (Å²) in [6.07, 6.45) is 0. The largest absolute Gasteiger partial charge is 0.372 e. The highest BCUT2D eigenvalue weighted by atomic mass is 32.2. The van der Waals surface area contributed by atoms with E-state index >= 15 is 0 Å². The van der Waals surface area contributed by atoms with Crippen LogP contribution in [0.1, 0.15) is 25.0 Å². The predicted octanol–water partition coefficient (Wildman–Crippen LogP) is 4.49. The van der Waals surface area contributed by atoms with Crippen LogP contribution in [0.15, 0.2) is 53.7 Å². The second kappa shape index (κ2) is 8.74. The molecule has 0 saturated carbocycles. The van der Waals surface area contributed by atoms with Gasteiger partial charge in [-0.25, -0.2) is 0 Å². The molecule has 0 aliphatic carbocycles. The molecule has 0 N–H and O–H groups in total. The van der Waals surface area contributed by atoms with Gasteiger partial charge in [-0.05, 0) is 55.8 Å². The van der Waals surface area contributed by atoms with E-state index in [1.165, 1.54) is 5.69 Å². The highest BCUT2D eigenvalue weighted by Crippen LogP contribution is 2.27. The van der Waals surface area contributed by atoms with E-state index in [9.17, 15) is 0 Å². The molecule has 1 heterocycles. The Morgan fingerprint density at radius 2 is 1.81 bits per heavy atom. The predicted molar refractivity (Wildman–Crippen MR) is 111 cm³/mol. The number of aromatic nitrogens is 3. The van der Waals surface area contributed by atoms with Gasteiger partial charge in [0, 0.05) is 37.1 Å². The zero-order chi connectivity index (χ0) is 19.2. The normalized spacial score (nSPS) is 10.6. The summed E-state index contributed by atoms with van der Waals surface area (Å²) in [7, 11) is 1.99. The Hall–Kier alpha value is -2.78. The molecule has 0 aliphatic heterocycles. The maximum atomic E-state index is 9.02. The summed E-state index contributed by atoms with van der Waals surface area (Å²) in [5, 5.41) is 18.6. The molecule has 3 rings (SSSR count). The molecule has 2 aromatic carbocycles. The van der Waals surface area contributed by atoms with Crippen molar-refractivity contribution >= 4 is 17.4 Å². The molecule has 0 saturated heterocycles. The zero-order valence-electron chi connectivity index (χ0n) is 15.9. The smallest absolute Gasteiger partial charge is 0.191 e. The van der Waals surface area contributed by atoms with Crippen LogP contribution in [-0.2, 0) is 12.8 Å². The van der Waals surface area contributed by atoms with Crippen molar-refractivity contribution in [1.29, 1.82) is 5.26 Å². The summed E-state index contributed by atoms with van der Waals surface area (Å²) in [6.45, 7) is 6.31. The second-order valence-electron chi connectivity index (χ2n) is 6.19. The van der Waals surface area contributed by atoms with E-state index in [0.29, 0.717) is 5.56 Å². The lowest BCUT2D eigenvalue weighted by molar-refractivity contribution is 0.793. The fraction of sp³-hybridized carbons (Fsp3) is 0.286. The van der Waals surface area contributed by atoms with Crippen LogP contribution in [-0.4, -0.2) is 27.9 Å². The summed E-state index contributed by atoms with van der Waals surface area (Å²) in [4.78, 5) is 2.32. The zero-order valence-corrected chi connectivity index (χ0v) is 16.7. The van der Waals surface area contributed by atoms with Crippen molar-refractivity contribution in [3.05, 3.63) is 59.7 Å². The molecule has 27 heavy (non-hydrogen) atoms. The molecule has 0 spiro atoms. The molecule has 138 valence electrons. The first kappa shape index (κ1) is 19.0. The summed E-state index contributed by atoms with van der Waals surface area (Å²) in [5.41, 5.74) is 4.06. The third-order valence-electron chi connectivity index (χ3n) is 4.51. The van der Waals surface area contributed by atoms with E-state index in [1.54, 1.807) is 11.8 Å². The number of thioether (sulfide) groups is 1. The summed E-state index contributed by atoms with van der Waals surface area (Å²) in [6, 6.07) is 18.3. The Balaban J connectivity index is 1.74. The Morgan fingerprint density at radius 1 is 1.07 bits per heavy atom. The van der Waals surface area contributed by atoms with Gasteiger partial charge in [0.1, 0.15) is 0 Å². The molecular formula is C21H23N5S. The highest BCUT2D eigenvalue weighted by Gasteiger charge is 2.12. The Kier molecular flexibility index (Phi) is 6.15. The van der Waals surface area contributed by atoms with Crippen LogP contribution < -0.4 is 4.90 Å². The summed E-state index contributed by atoms with van der Waals surface area (Å²) >= 11 is 1.62. The van der Waals surface area contributed by atoms with E-state index in [1.807, 2.05) is 35.9 Å². The van der Waals surface area contributed by atoms with Gasteiger partial charge < -0.3 is 9.47 Å². The van der Waals surface area contributed by atoms with Gasteiger partial charge in [0.25, 0.3) is 0 Å². The summed E-state index contributed by atoms with van der Waals surface area (Å²) in [5.74, 6) is 1.61. The standard InChI is InChI=1S/C21H23N5S/c1-4-26(5-2)19-11-9-18(10-12-19)20-23-24-21(25(20)3)27-15-17-8-6-7-16(13-17)14-22/h6-13H,4-5,15H2,1-3H3. The van der Waals surface area contributed by atoms with Gasteiger partial charge in [0.05, 0.1) is 11.6 Å². The number of benzene rings is 2. The fourth-order valence-corrected chi connectivity index (χ4v) is 3.83. The number of anilines is 1. The third kappa shape index (κ3) is 4.32. The van der Waals surface area contributed by atoms with Crippen molar-refractivity contribution in [2.75, 3.05) is 18.0 Å². The maximum absolute atomic E-state index is 9.02. The van der Waals surface area contributed by atoms with Crippen molar-refractivity contribution in [2.24, 2.45) is 7.05 Å². The first-order valence-electron chi connectivity index (χ1n) is 9.02. The minimum Gasteiger partial charge on any atom is -0.372 e. The summed E-state index contributed by atoms with van der Waals surface area (Å²) < 4.78 is 2.02. The minimum absolute atomic E-state index is 0.681. The number of nitriles is 1. The highest BCUT2D eigenvalue weighted by molar-refractivity contribution is 7.98. The van der Waals surface area contributed by atoms with Gasteiger partial charge in [0.15, 0.2) is 11.0 Å². The van der Waals surface area contributed by atoms with Crippen LogP contribution >= 0.6 is 11.8 Å². The van der Waals surface area contributed by atoms with Crippen LogP contribution in [0.4, 0.5) is 5.69 Å². The molecular weight excluding hydrogens is 354 g/mol. The van der Waals surface area contributed by atoms with Crippen molar-refractivity contribution in [2.45, 2.75) is 24.8 Å². The molecule has 0 aliphatic rings. The Labute approximate surface area is 164 Å². The Morgan fingerprint density at radius 3 is 2.48 bits per heavy atom. The van der Waals surface area contributed by atoms with Crippen molar-refractivity contribution in [1.82, 2.24) is 14.8 Å². The second-order valence-corrected chi connectivity index (χ2v) is 7.13. The first-order valence-corrected chi connectivity index (χ1v) is 10.0. The average molecular weight is 378 g/mol. The minimum atomic E-state index is 0.681. The molecule has 6 heteroatoms. The van der Waals surface area contributed by atoms with Gasteiger partial charge in [-0.1, -0.05) is 23.9 Å². The average Bonchev–Trinajstić information content (AvgIpc) is 3.08. The topological polar surface area (TPSA) is 57.7 Å². The lowest BCUT2D eigenvalue weighted by atomic mass is 10.2. The number of hydrogen-bond acceptors (Lipinski definition) is 5. The van der Waals surface area contributed by atoms with Gasteiger partial charge >= 0.3 is 0 Å². The molecule has 0 atom stereocenters. The molecule has 0 fully saturated rings. The van der Waals surface area contributed by atoms with Gasteiger partial charge in [-0.2, -0.15) is 5.26 Å². The van der Waals surface area contributed by atoms with Crippen molar-refractivity contribution in [3.63, 3.8) is 0 Å². The third-order valence-corrected chi connectivity index (χ3v) is 5.60. The SMILES string of the molecule is CCN(CC)c1ccc(-c2nnc(SCc3cccc(C#N)c3)n2C)cc1. The van der Waals surface area contributed by atoms with Crippen LogP contribution in [0, 0.1) is 11.3 Å². The van der Waals surface area contributed by atoms with E-state index in [4.69, 9.17) is 5.26 Å². The van der Waals surface area contributed by atoms with E-state index in [-0.39, 0.29) is 0 Å². The van der Waals surface area contributed by atoms with Gasteiger partial charge in [-0.15, -0.1) is 10.2 Å². The molecule has 0 bridgehead atoms. The quantitative estimate of drug-likeness (QED) is 0.568. The Bertz CT molecular complexity index is 936. The first-order chi connectivity index (χ1) is 13.2. The van der Waals surface area contributed by atoms with E-state index in [0.717, 1.165) is 41.0 Å². The van der Waals surface area contributed by atoms with Crippen LogP contribution in [0.25, 0.3) is 11.4 Å².